The second kappa shape index (κ2) is 5.90. The van der Waals surface area contributed by atoms with Crippen molar-refractivity contribution in [2.45, 2.75) is 19.1 Å². The highest BCUT2D eigenvalue weighted by atomic mass is 32.1. The third kappa shape index (κ3) is 2.86. The molecule has 0 aliphatic heterocycles. The molecule has 3 aromatic rings. The summed E-state index contributed by atoms with van der Waals surface area (Å²) in [7, 11) is 1.30. The predicted molar refractivity (Wildman–Crippen MR) is 84.3 cm³/mol. The molecule has 0 saturated heterocycles. The van der Waals surface area contributed by atoms with Gasteiger partial charge in [-0.05, 0) is 30.0 Å². The number of aromatic nitrogens is 3. The Morgan fingerprint density at radius 1 is 1.21 bits per heavy atom. The quantitative estimate of drug-likeness (QED) is 0.725. The first-order valence-electron chi connectivity index (χ1n) is 6.99. The Labute approximate surface area is 137 Å². The van der Waals surface area contributed by atoms with Crippen LogP contribution in [0.25, 0.3) is 11.0 Å². The molecule has 126 valence electrons. The summed E-state index contributed by atoms with van der Waals surface area (Å²) >= 11 is 1.50. The van der Waals surface area contributed by atoms with Crippen molar-refractivity contribution in [1.29, 1.82) is 0 Å². The van der Waals surface area contributed by atoms with Crippen LogP contribution in [0.3, 0.4) is 0 Å². The second-order valence-electron chi connectivity index (χ2n) is 5.19. The third-order valence-electron chi connectivity index (χ3n) is 3.64. The molecule has 0 aliphatic carbocycles. The maximum absolute atomic E-state index is 12.8. The first-order valence-corrected chi connectivity index (χ1v) is 7.87. The zero-order chi connectivity index (χ0) is 17.5. The van der Waals surface area contributed by atoms with E-state index in [4.69, 9.17) is 0 Å². The van der Waals surface area contributed by atoms with Crippen LogP contribution in [0, 0.1) is 0 Å². The number of aryl methyl sites for hydroxylation is 2. The third-order valence-corrected chi connectivity index (χ3v) is 4.57. The Kier molecular flexibility index (Phi) is 4.04. The summed E-state index contributed by atoms with van der Waals surface area (Å²) in [5.41, 5.74) is -2.73. The van der Waals surface area contributed by atoms with Gasteiger partial charge in [-0.3, -0.25) is 13.9 Å². The van der Waals surface area contributed by atoms with Crippen molar-refractivity contribution in [2.24, 2.45) is 7.05 Å². The van der Waals surface area contributed by atoms with Gasteiger partial charge in [-0.1, -0.05) is 6.07 Å². The summed E-state index contributed by atoms with van der Waals surface area (Å²) in [6.45, 7) is 0.156. The highest BCUT2D eigenvalue weighted by Gasteiger charge is 2.33. The normalized spacial score (nSPS) is 12.0. The van der Waals surface area contributed by atoms with Crippen molar-refractivity contribution in [3.05, 3.63) is 61.1 Å². The van der Waals surface area contributed by atoms with E-state index in [1.165, 1.54) is 18.4 Å². The number of fused-ring (bicyclic) bond motifs is 1. The van der Waals surface area contributed by atoms with E-state index in [-0.39, 0.29) is 17.6 Å². The molecule has 0 saturated carbocycles. The average molecular weight is 355 g/mol. The summed E-state index contributed by atoms with van der Waals surface area (Å²) in [5, 5.41) is 1.87. The molecule has 3 rings (SSSR count). The van der Waals surface area contributed by atoms with Crippen LogP contribution in [-0.2, 0) is 26.2 Å². The molecule has 0 aromatic carbocycles. The van der Waals surface area contributed by atoms with Crippen LogP contribution in [0.2, 0.25) is 0 Å². The molecule has 3 heterocycles. The minimum Gasteiger partial charge on any atom is -0.280 e. The van der Waals surface area contributed by atoms with Crippen molar-refractivity contribution < 1.29 is 13.2 Å². The fraction of sp³-hybridized carbons (Fsp3) is 0.267. The lowest BCUT2D eigenvalue weighted by Crippen LogP contribution is -2.40. The number of rotatable bonds is 3. The monoisotopic (exact) mass is 355 g/mol. The SMILES string of the molecule is Cn1c(=O)n(CCc2cccs2)c(=O)c2ccc(C(F)(F)F)nc21. The van der Waals surface area contributed by atoms with Gasteiger partial charge in [-0.25, -0.2) is 9.78 Å². The number of nitrogens with zero attached hydrogens (tertiary/aromatic N) is 3. The topological polar surface area (TPSA) is 56.9 Å². The maximum atomic E-state index is 12.8. The average Bonchev–Trinajstić information content (AvgIpc) is 3.04. The summed E-state index contributed by atoms with van der Waals surface area (Å²) in [6.07, 6.45) is -4.15. The molecule has 9 heteroatoms. The largest absolute Gasteiger partial charge is 0.433 e. The molecule has 5 nitrogen and oxygen atoms in total. The van der Waals surface area contributed by atoms with Crippen LogP contribution in [0.1, 0.15) is 10.6 Å². The van der Waals surface area contributed by atoms with Crippen molar-refractivity contribution in [2.75, 3.05) is 0 Å². The molecule has 0 aliphatic rings. The van der Waals surface area contributed by atoms with E-state index < -0.39 is 23.1 Å². The van der Waals surface area contributed by atoms with Crippen molar-refractivity contribution in [3.8, 4) is 0 Å². The van der Waals surface area contributed by atoms with Gasteiger partial charge in [0.2, 0.25) is 0 Å². The highest BCUT2D eigenvalue weighted by molar-refractivity contribution is 7.09. The fourth-order valence-electron chi connectivity index (χ4n) is 2.41. The molecule has 0 bridgehead atoms. The van der Waals surface area contributed by atoms with E-state index >= 15 is 0 Å². The van der Waals surface area contributed by atoms with Gasteiger partial charge in [-0.2, -0.15) is 13.2 Å². The zero-order valence-corrected chi connectivity index (χ0v) is 13.3. The first kappa shape index (κ1) is 16.4. The second-order valence-corrected chi connectivity index (χ2v) is 6.23. The van der Waals surface area contributed by atoms with E-state index in [0.29, 0.717) is 6.42 Å². The lowest BCUT2D eigenvalue weighted by atomic mass is 10.2. The van der Waals surface area contributed by atoms with Crippen LogP contribution in [-0.4, -0.2) is 14.1 Å². The smallest absolute Gasteiger partial charge is 0.280 e. The first-order chi connectivity index (χ1) is 11.3. The Hall–Kier alpha value is -2.42. The van der Waals surface area contributed by atoms with E-state index in [9.17, 15) is 22.8 Å². The highest BCUT2D eigenvalue weighted by Crippen LogP contribution is 2.28. The van der Waals surface area contributed by atoms with Crippen molar-refractivity contribution in [3.63, 3.8) is 0 Å². The van der Waals surface area contributed by atoms with Gasteiger partial charge in [0.15, 0.2) is 0 Å². The van der Waals surface area contributed by atoms with Crippen molar-refractivity contribution >= 4 is 22.4 Å². The fourth-order valence-corrected chi connectivity index (χ4v) is 3.11. The Balaban J connectivity index is 2.12. The lowest BCUT2D eigenvalue weighted by molar-refractivity contribution is -0.141. The van der Waals surface area contributed by atoms with E-state index in [1.54, 1.807) is 0 Å². The van der Waals surface area contributed by atoms with E-state index in [2.05, 4.69) is 4.98 Å². The van der Waals surface area contributed by atoms with Crippen LogP contribution in [0.4, 0.5) is 13.2 Å². The van der Waals surface area contributed by atoms with Gasteiger partial charge < -0.3 is 0 Å². The standard InChI is InChI=1S/C15H12F3N3O2S/c1-20-12-10(4-5-11(19-12)15(16,17)18)13(22)21(14(20)23)7-6-9-3-2-8-24-9/h2-5,8H,6-7H2,1H3. The van der Waals surface area contributed by atoms with Crippen LogP contribution >= 0.6 is 11.3 Å². The van der Waals surface area contributed by atoms with Gasteiger partial charge in [0.05, 0.1) is 5.39 Å². The number of pyridine rings is 1. The molecule has 24 heavy (non-hydrogen) atoms. The maximum Gasteiger partial charge on any atom is 0.433 e. The van der Waals surface area contributed by atoms with Gasteiger partial charge in [0, 0.05) is 18.5 Å². The number of alkyl halides is 3. The Morgan fingerprint density at radius 3 is 2.58 bits per heavy atom. The Bertz CT molecular complexity index is 1000. The predicted octanol–water partition coefficient (Wildman–Crippen LogP) is 2.42. The van der Waals surface area contributed by atoms with Crippen molar-refractivity contribution in [1.82, 2.24) is 14.1 Å². The number of hydrogen-bond donors (Lipinski definition) is 0. The molecule has 0 atom stereocenters. The molecular formula is C15H12F3N3O2S. The van der Waals surface area contributed by atoms with Crippen LogP contribution in [0.5, 0.6) is 0 Å². The molecule has 0 N–H and O–H groups in total. The van der Waals surface area contributed by atoms with Gasteiger partial charge in [0.25, 0.3) is 5.56 Å². The van der Waals surface area contributed by atoms with E-state index in [1.807, 2.05) is 17.5 Å². The van der Waals surface area contributed by atoms with E-state index in [0.717, 1.165) is 26.1 Å². The van der Waals surface area contributed by atoms with Gasteiger partial charge >= 0.3 is 11.9 Å². The molecule has 0 unspecified atom stereocenters. The minimum atomic E-state index is -4.64. The number of thiophene rings is 1. The summed E-state index contributed by atoms with van der Waals surface area (Å²) in [6, 6.07) is 5.56. The lowest BCUT2D eigenvalue weighted by Gasteiger charge is -2.12. The number of halogens is 3. The van der Waals surface area contributed by atoms with Gasteiger partial charge in [-0.15, -0.1) is 11.3 Å². The summed E-state index contributed by atoms with van der Waals surface area (Å²) < 4.78 is 40.3. The summed E-state index contributed by atoms with van der Waals surface area (Å²) in [4.78, 5) is 29.2. The van der Waals surface area contributed by atoms with Crippen LogP contribution < -0.4 is 11.2 Å². The van der Waals surface area contributed by atoms with Crippen LogP contribution in [0.15, 0.2) is 39.2 Å². The molecule has 0 fully saturated rings. The molecule has 0 radical (unpaired) electrons. The molecular weight excluding hydrogens is 343 g/mol. The minimum absolute atomic E-state index is 0.0173. The zero-order valence-electron chi connectivity index (χ0n) is 12.5. The molecule has 3 aromatic heterocycles. The Morgan fingerprint density at radius 2 is 1.96 bits per heavy atom. The molecule has 0 spiro atoms. The van der Waals surface area contributed by atoms with Gasteiger partial charge in [0.1, 0.15) is 11.3 Å². The number of hydrogen-bond acceptors (Lipinski definition) is 4. The molecule has 0 amide bonds. The summed E-state index contributed by atoms with van der Waals surface area (Å²) in [5.74, 6) is 0.